The van der Waals surface area contributed by atoms with E-state index in [1.54, 1.807) is 13.3 Å². The largest absolute Gasteiger partial charge is 0.495 e. The van der Waals surface area contributed by atoms with Crippen molar-refractivity contribution >= 4 is 45.2 Å². The van der Waals surface area contributed by atoms with Crippen LogP contribution in [0.15, 0.2) is 58.1 Å². The Morgan fingerprint density at radius 3 is 2.67 bits per heavy atom. The monoisotopic (exact) mass is 363 g/mol. The summed E-state index contributed by atoms with van der Waals surface area (Å²) in [5, 5.41) is 7.53. The van der Waals surface area contributed by atoms with Gasteiger partial charge >= 0.3 is 0 Å². The van der Waals surface area contributed by atoms with Crippen LogP contribution < -0.4 is 15.5 Å². The van der Waals surface area contributed by atoms with Crippen LogP contribution in [0.3, 0.4) is 0 Å². The van der Waals surface area contributed by atoms with Gasteiger partial charge in [-0.3, -0.25) is 5.43 Å². The number of rotatable bonds is 4. The molecule has 0 aromatic heterocycles. The molecule has 0 heterocycles. The van der Waals surface area contributed by atoms with Gasteiger partial charge in [-0.05, 0) is 30.4 Å². The molecule has 0 bridgehead atoms. The van der Waals surface area contributed by atoms with Crippen molar-refractivity contribution in [2.75, 3.05) is 12.4 Å². The van der Waals surface area contributed by atoms with Gasteiger partial charge in [-0.25, -0.2) is 0 Å². The van der Waals surface area contributed by atoms with Crippen LogP contribution in [0.1, 0.15) is 5.56 Å². The summed E-state index contributed by atoms with van der Waals surface area (Å²) in [6.45, 7) is 0. The number of thiocarbonyl (C=S) groups is 1. The summed E-state index contributed by atoms with van der Waals surface area (Å²) in [6, 6.07) is 15.3. The van der Waals surface area contributed by atoms with Crippen LogP contribution in [0, 0.1) is 0 Å². The second kappa shape index (κ2) is 7.75. The highest BCUT2D eigenvalue weighted by atomic mass is 79.9. The highest BCUT2D eigenvalue weighted by Crippen LogP contribution is 2.22. The molecular formula is C15H14BrN3OS. The van der Waals surface area contributed by atoms with Gasteiger partial charge in [-0.1, -0.05) is 46.3 Å². The van der Waals surface area contributed by atoms with Gasteiger partial charge in [-0.15, -0.1) is 0 Å². The van der Waals surface area contributed by atoms with Gasteiger partial charge in [-0.2, -0.15) is 5.10 Å². The molecule has 2 N–H and O–H groups in total. The third kappa shape index (κ3) is 4.54. The van der Waals surface area contributed by atoms with Crippen LogP contribution >= 0.6 is 28.1 Å². The molecule has 0 saturated carbocycles. The summed E-state index contributed by atoms with van der Waals surface area (Å²) in [7, 11) is 1.61. The summed E-state index contributed by atoms with van der Waals surface area (Å²) >= 11 is 8.64. The molecule has 4 nitrogen and oxygen atoms in total. The molecule has 0 saturated heterocycles. The number of halogens is 1. The fraction of sp³-hybridized carbons (Fsp3) is 0.0667. The Morgan fingerprint density at radius 2 is 1.90 bits per heavy atom. The minimum absolute atomic E-state index is 0.391. The fourth-order valence-corrected chi connectivity index (χ4v) is 2.19. The van der Waals surface area contributed by atoms with E-state index in [2.05, 4.69) is 31.8 Å². The minimum Gasteiger partial charge on any atom is -0.495 e. The Kier molecular flexibility index (Phi) is 5.71. The van der Waals surface area contributed by atoms with Crippen LogP contribution in [-0.4, -0.2) is 18.4 Å². The van der Waals surface area contributed by atoms with E-state index in [-0.39, 0.29) is 0 Å². The first-order chi connectivity index (χ1) is 10.2. The van der Waals surface area contributed by atoms with Gasteiger partial charge in [0.05, 0.1) is 19.0 Å². The molecule has 2 aromatic rings. The van der Waals surface area contributed by atoms with Crippen molar-refractivity contribution in [3.63, 3.8) is 0 Å². The lowest BCUT2D eigenvalue weighted by Crippen LogP contribution is -2.24. The average Bonchev–Trinajstić information content (AvgIpc) is 2.50. The van der Waals surface area contributed by atoms with Crippen LogP contribution in [0.25, 0.3) is 0 Å². The van der Waals surface area contributed by atoms with Gasteiger partial charge in [0.1, 0.15) is 5.75 Å². The van der Waals surface area contributed by atoms with E-state index in [1.165, 1.54) is 0 Å². The lowest BCUT2D eigenvalue weighted by molar-refractivity contribution is 0.417. The smallest absolute Gasteiger partial charge is 0.191 e. The molecule has 0 aliphatic rings. The Morgan fingerprint density at radius 1 is 1.19 bits per heavy atom. The van der Waals surface area contributed by atoms with Crippen molar-refractivity contribution < 1.29 is 4.74 Å². The fourth-order valence-electron chi connectivity index (χ4n) is 1.64. The third-order valence-electron chi connectivity index (χ3n) is 2.63. The van der Waals surface area contributed by atoms with Gasteiger partial charge < -0.3 is 10.1 Å². The number of benzene rings is 2. The molecule has 0 fully saturated rings. The second-order valence-electron chi connectivity index (χ2n) is 4.05. The first-order valence-electron chi connectivity index (χ1n) is 6.18. The zero-order valence-electron chi connectivity index (χ0n) is 11.3. The Hall–Kier alpha value is -1.92. The van der Waals surface area contributed by atoms with Crippen molar-refractivity contribution in [3.8, 4) is 5.75 Å². The highest BCUT2D eigenvalue weighted by molar-refractivity contribution is 9.10. The van der Waals surface area contributed by atoms with Gasteiger partial charge in [0.25, 0.3) is 0 Å². The first-order valence-corrected chi connectivity index (χ1v) is 7.38. The van der Waals surface area contributed by atoms with Gasteiger partial charge in [0.2, 0.25) is 0 Å². The summed E-state index contributed by atoms with van der Waals surface area (Å²) < 4.78 is 6.21. The zero-order chi connectivity index (χ0) is 15.1. The molecule has 0 atom stereocenters. The lowest BCUT2D eigenvalue weighted by Gasteiger charge is -2.10. The number of hydrazone groups is 1. The SMILES string of the molecule is COc1ccccc1NC(=S)N/N=C\c1ccccc1Br. The van der Waals surface area contributed by atoms with Crippen molar-refractivity contribution in [3.05, 3.63) is 58.6 Å². The van der Waals surface area contributed by atoms with Crippen molar-refractivity contribution in [1.82, 2.24) is 5.43 Å². The van der Waals surface area contributed by atoms with E-state index >= 15 is 0 Å². The van der Waals surface area contributed by atoms with Gasteiger partial charge in [0, 0.05) is 10.0 Å². The summed E-state index contributed by atoms with van der Waals surface area (Å²) in [5.41, 5.74) is 4.52. The molecule has 0 unspecified atom stereocenters. The number of hydrogen-bond acceptors (Lipinski definition) is 3. The predicted molar refractivity (Wildman–Crippen MR) is 94.1 cm³/mol. The average molecular weight is 364 g/mol. The predicted octanol–water partition coefficient (Wildman–Crippen LogP) is 3.78. The number of hydrogen-bond donors (Lipinski definition) is 2. The van der Waals surface area contributed by atoms with Crippen LogP contribution in [0.2, 0.25) is 0 Å². The van der Waals surface area contributed by atoms with E-state index in [4.69, 9.17) is 17.0 Å². The Labute approximate surface area is 137 Å². The summed E-state index contributed by atoms with van der Waals surface area (Å²) in [5.74, 6) is 0.719. The van der Waals surface area contributed by atoms with Crippen molar-refractivity contribution in [1.29, 1.82) is 0 Å². The molecule has 0 aliphatic heterocycles. The molecule has 0 aliphatic carbocycles. The van der Waals surface area contributed by atoms with Crippen LogP contribution in [0.4, 0.5) is 5.69 Å². The molecular weight excluding hydrogens is 350 g/mol. The zero-order valence-corrected chi connectivity index (χ0v) is 13.7. The maximum absolute atomic E-state index is 5.24. The Balaban J connectivity index is 1.95. The molecule has 6 heteroatoms. The Bertz CT molecular complexity index is 661. The van der Waals surface area contributed by atoms with E-state index < -0.39 is 0 Å². The number of para-hydroxylation sites is 2. The number of anilines is 1. The van der Waals surface area contributed by atoms with E-state index in [9.17, 15) is 0 Å². The molecule has 2 rings (SSSR count). The van der Waals surface area contributed by atoms with Crippen molar-refractivity contribution in [2.24, 2.45) is 5.10 Å². The molecule has 2 aromatic carbocycles. The molecule has 0 amide bonds. The number of methoxy groups -OCH3 is 1. The maximum atomic E-state index is 5.24. The third-order valence-corrected chi connectivity index (χ3v) is 3.55. The molecule has 0 spiro atoms. The summed E-state index contributed by atoms with van der Waals surface area (Å²) in [6.07, 6.45) is 1.69. The minimum atomic E-state index is 0.391. The second-order valence-corrected chi connectivity index (χ2v) is 5.31. The van der Waals surface area contributed by atoms with E-state index in [0.717, 1.165) is 21.5 Å². The van der Waals surface area contributed by atoms with E-state index in [1.807, 2.05) is 48.5 Å². The molecule has 108 valence electrons. The van der Waals surface area contributed by atoms with Crippen molar-refractivity contribution in [2.45, 2.75) is 0 Å². The van der Waals surface area contributed by atoms with Crippen LogP contribution in [-0.2, 0) is 0 Å². The molecule has 21 heavy (non-hydrogen) atoms. The topological polar surface area (TPSA) is 45.6 Å². The maximum Gasteiger partial charge on any atom is 0.191 e. The molecule has 0 radical (unpaired) electrons. The van der Waals surface area contributed by atoms with E-state index in [0.29, 0.717) is 5.11 Å². The number of ether oxygens (including phenoxy) is 1. The quantitative estimate of drug-likeness (QED) is 0.493. The standard InChI is InChI=1S/C15H14BrN3OS/c1-20-14-9-5-4-8-13(14)18-15(21)19-17-10-11-6-2-3-7-12(11)16/h2-10H,1H3,(H2,18,19,21)/b17-10-. The first kappa shape index (κ1) is 15.5. The normalized spacial score (nSPS) is 10.4. The number of nitrogens with one attached hydrogen (secondary N) is 2. The summed E-state index contributed by atoms with van der Waals surface area (Å²) in [4.78, 5) is 0. The highest BCUT2D eigenvalue weighted by Gasteiger charge is 2.02. The lowest BCUT2D eigenvalue weighted by atomic mass is 10.2. The van der Waals surface area contributed by atoms with Crippen LogP contribution in [0.5, 0.6) is 5.75 Å². The number of nitrogens with zero attached hydrogens (tertiary/aromatic N) is 1. The van der Waals surface area contributed by atoms with Gasteiger partial charge in [0.15, 0.2) is 5.11 Å².